The molecule has 0 aliphatic carbocycles. The van der Waals surface area contributed by atoms with Gasteiger partial charge in [0.1, 0.15) is 0 Å². The predicted molar refractivity (Wildman–Crippen MR) is 75.3 cm³/mol. The molecule has 2 atom stereocenters. The Balaban J connectivity index is 2.12. The van der Waals surface area contributed by atoms with Crippen LogP contribution >= 0.6 is 0 Å². The molecule has 2 aliphatic rings. The van der Waals surface area contributed by atoms with Crippen LogP contribution in [0.25, 0.3) is 0 Å². The Bertz CT molecular complexity index is 652. The Labute approximate surface area is 122 Å². The van der Waals surface area contributed by atoms with Gasteiger partial charge < -0.3 is 19.5 Å². The van der Waals surface area contributed by atoms with Crippen molar-refractivity contribution in [3.8, 4) is 23.4 Å². The van der Waals surface area contributed by atoms with E-state index in [9.17, 15) is 0 Å². The number of methoxy groups -OCH3 is 2. The molecule has 7 heteroatoms. The van der Waals surface area contributed by atoms with Gasteiger partial charge in [-0.15, -0.1) is 0 Å². The summed E-state index contributed by atoms with van der Waals surface area (Å²) in [7, 11) is 3.16. The van der Waals surface area contributed by atoms with E-state index < -0.39 is 5.72 Å². The number of guanidine groups is 1. The fourth-order valence-corrected chi connectivity index (χ4v) is 2.77. The number of aliphatic imine (C=N–C) groups is 1. The maximum atomic E-state index is 8.75. The van der Waals surface area contributed by atoms with Crippen LogP contribution in [0.4, 0.5) is 0 Å². The van der Waals surface area contributed by atoms with Crippen LogP contribution < -0.4 is 24.8 Å². The highest BCUT2D eigenvalue weighted by Crippen LogP contribution is 2.50. The van der Waals surface area contributed by atoms with Gasteiger partial charge in [0.25, 0.3) is 0 Å². The molecule has 2 heterocycles. The normalized spacial score (nSPS) is 25.4. The number of ether oxygens (including phenoxy) is 3. The number of hydrogen-bond donors (Lipinski definition) is 2. The first-order valence-corrected chi connectivity index (χ1v) is 6.55. The van der Waals surface area contributed by atoms with Crippen LogP contribution in [0.15, 0.2) is 17.1 Å². The number of nitriles is 1. The van der Waals surface area contributed by atoms with Gasteiger partial charge in [-0.2, -0.15) is 5.26 Å². The standard InChI is InChI=1S/C14H16N4O3/c1-14-6-9(17-13(18-14)16-7-15)8-4-5-10(19-2)12(20-3)11(8)21-14/h4-5,9H,6H2,1-3H3,(H2,16,17,18). The van der Waals surface area contributed by atoms with Crippen LogP contribution in [0.5, 0.6) is 17.2 Å². The van der Waals surface area contributed by atoms with Gasteiger partial charge in [0.2, 0.25) is 11.7 Å². The van der Waals surface area contributed by atoms with Gasteiger partial charge in [0, 0.05) is 12.0 Å². The van der Waals surface area contributed by atoms with Crippen molar-refractivity contribution in [2.45, 2.75) is 25.1 Å². The average Bonchev–Trinajstić information content (AvgIpc) is 2.45. The van der Waals surface area contributed by atoms with E-state index in [0.29, 0.717) is 29.6 Å². The van der Waals surface area contributed by atoms with Crippen molar-refractivity contribution in [2.24, 2.45) is 4.99 Å². The molecule has 2 N–H and O–H groups in total. The molecule has 0 aromatic heterocycles. The molecular formula is C14H16N4O3. The largest absolute Gasteiger partial charge is 0.493 e. The molecule has 110 valence electrons. The summed E-state index contributed by atoms with van der Waals surface area (Å²) in [5, 5.41) is 14.4. The fourth-order valence-electron chi connectivity index (χ4n) is 2.77. The van der Waals surface area contributed by atoms with Crippen molar-refractivity contribution in [1.82, 2.24) is 10.6 Å². The lowest BCUT2D eigenvalue weighted by Crippen LogP contribution is -2.58. The Kier molecular flexibility index (Phi) is 3.01. The molecule has 21 heavy (non-hydrogen) atoms. The average molecular weight is 288 g/mol. The van der Waals surface area contributed by atoms with Crippen molar-refractivity contribution >= 4 is 5.96 Å². The van der Waals surface area contributed by atoms with Gasteiger partial charge >= 0.3 is 0 Å². The van der Waals surface area contributed by atoms with E-state index in [0.717, 1.165) is 5.56 Å². The quantitative estimate of drug-likeness (QED) is 0.629. The minimum absolute atomic E-state index is 0.101. The third-order valence-electron chi connectivity index (χ3n) is 3.64. The predicted octanol–water partition coefficient (Wildman–Crippen LogP) is 1.27. The van der Waals surface area contributed by atoms with E-state index in [2.05, 4.69) is 15.6 Å². The summed E-state index contributed by atoms with van der Waals surface area (Å²) in [6.07, 6.45) is 2.54. The maximum Gasteiger partial charge on any atom is 0.208 e. The number of benzene rings is 1. The Morgan fingerprint density at radius 1 is 1.48 bits per heavy atom. The van der Waals surface area contributed by atoms with Crippen LogP contribution in [0.2, 0.25) is 0 Å². The number of rotatable bonds is 2. The van der Waals surface area contributed by atoms with E-state index in [1.54, 1.807) is 14.2 Å². The Hall–Kier alpha value is -2.62. The van der Waals surface area contributed by atoms with Gasteiger partial charge in [-0.05, 0) is 19.1 Å². The zero-order valence-corrected chi connectivity index (χ0v) is 12.1. The van der Waals surface area contributed by atoms with Crippen molar-refractivity contribution in [2.75, 3.05) is 14.2 Å². The van der Waals surface area contributed by atoms with Crippen LogP contribution in [-0.4, -0.2) is 25.9 Å². The molecule has 0 spiro atoms. The van der Waals surface area contributed by atoms with Gasteiger partial charge in [-0.1, -0.05) is 0 Å². The zero-order chi connectivity index (χ0) is 15.0. The van der Waals surface area contributed by atoms with Crippen molar-refractivity contribution in [1.29, 1.82) is 5.26 Å². The second-order valence-electron chi connectivity index (χ2n) is 5.11. The third kappa shape index (κ3) is 2.09. The molecule has 1 aromatic rings. The number of hydrogen-bond acceptors (Lipinski definition) is 7. The molecule has 1 aromatic carbocycles. The summed E-state index contributed by atoms with van der Waals surface area (Å²) in [6, 6.07) is 3.65. The first-order valence-electron chi connectivity index (χ1n) is 6.55. The molecule has 2 unspecified atom stereocenters. The summed E-state index contributed by atoms with van der Waals surface area (Å²) < 4.78 is 16.8. The highest BCUT2D eigenvalue weighted by atomic mass is 16.6. The van der Waals surface area contributed by atoms with Crippen LogP contribution in [0.3, 0.4) is 0 Å². The molecule has 2 aliphatic heterocycles. The lowest BCUT2D eigenvalue weighted by atomic mass is 9.92. The smallest absolute Gasteiger partial charge is 0.208 e. The molecule has 0 fully saturated rings. The maximum absolute atomic E-state index is 8.75. The van der Waals surface area contributed by atoms with E-state index in [-0.39, 0.29) is 6.04 Å². The zero-order valence-electron chi connectivity index (χ0n) is 12.1. The molecule has 3 rings (SSSR count). The van der Waals surface area contributed by atoms with E-state index in [1.165, 1.54) is 0 Å². The Morgan fingerprint density at radius 2 is 2.29 bits per heavy atom. The lowest BCUT2D eigenvalue weighted by molar-refractivity contribution is 0.0283. The van der Waals surface area contributed by atoms with Crippen LogP contribution in [0.1, 0.15) is 24.9 Å². The van der Waals surface area contributed by atoms with Crippen LogP contribution in [-0.2, 0) is 0 Å². The van der Waals surface area contributed by atoms with Gasteiger partial charge in [-0.3, -0.25) is 5.32 Å². The number of nitrogens with zero attached hydrogens (tertiary/aromatic N) is 2. The van der Waals surface area contributed by atoms with Crippen molar-refractivity contribution in [3.05, 3.63) is 17.7 Å². The summed E-state index contributed by atoms with van der Waals surface area (Å²) in [5.41, 5.74) is 0.266. The molecule has 0 amide bonds. The lowest BCUT2D eigenvalue weighted by Gasteiger charge is -2.43. The topological polar surface area (TPSA) is 87.9 Å². The molecule has 0 saturated heterocycles. The van der Waals surface area contributed by atoms with Gasteiger partial charge in [0.05, 0.1) is 20.3 Å². The highest BCUT2D eigenvalue weighted by molar-refractivity contribution is 5.83. The first kappa shape index (κ1) is 13.4. The van der Waals surface area contributed by atoms with Gasteiger partial charge in [-0.25, -0.2) is 4.99 Å². The van der Waals surface area contributed by atoms with E-state index >= 15 is 0 Å². The van der Waals surface area contributed by atoms with E-state index in [1.807, 2.05) is 25.2 Å². The SMILES string of the molecule is COc1ccc2c(c1OC)OC1(C)CC2N=C(NC#N)N1. The van der Waals surface area contributed by atoms with E-state index in [4.69, 9.17) is 19.5 Å². The summed E-state index contributed by atoms with van der Waals surface area (Å²) in [5.74, 6) is 2.21. The second kappa shape index (κ2) is 4.74. The molecular weight excluding hydrogens is 272 g/mol. The second-order valence-corrected chi connectivity index (χ2v) is 5.11. The number of nitrogens with one attached hydrogen (secondary N) is 2. The molecule has 0 saturated carbocycles. The van der Waals surface area contributed by atoms with Gasteiger partial charge in [0.15, 0.2) is 23.4 Å². The third-order valence-corrected chi connectivity index (χ3v) is 3.64. The van der Waals surface area contributed by atoms with Crippen molar-refractivity contribution in [3.63, 3.8) is 0 Å². The molecule has 0 radical (unpaired) electrons. The summed E-state index contributed by atoms with van der Waals surface area (Å²) in [6.45, 7) is 1.91. The molecule has 2 bridgehead atoms. The monoisotopic (exact) mass is 288 g/mol. The van der Waals surface area contributed by atoms with Crippen molar-refractivity contribution < 1.29 is 14.2 Å². The highest BCUT2D eigenvalue weighted by Gasteiger charge is 2.43. The summed E-state index contributed by atoms with van der Waals surface area (Å²) >= 11 is 0. The minimum Gasteiger partial charge on any atom is -0.493 e. The molecule has 7 nitrogen and oxygen atoms in total. The summed E-state index contributed by atoms with van der Waals surface area (Å²) in [4.78, 5) is 4.50. The number of fused-ring (bicyclic) bond motifs is 4. The fraction of sp³-hybridized carbons (Fsp3) is 0.429. The minimum atomic E-state index is -0.655. The first-order chi connectivity index (χ1) is 10.1. The Morgan fingerprint density at radius 3 is 2.95 bits per heavy atom. The van der Waals surface area contributed by atoms with Crippen LogP contribution in [0, 0.1) is 11.5 Å².